The van der Waals surface area contributed by atoms with Crippen molar-refractivity contribution in [2.45, 2.75) is 19.8 Å². The van der Waals surface area contributed by atoms with E-state index in [1.807, 2.05) is 30.3 Å². The molecule has 2 N–H and O–H groups in total. The second kappa shape index (κ2) is 4.76. The molecule has 3 rings (SSSR count). The Balaban J connectivity index is 2.06. The molecule has 0 aliphatic carbocycles. The van der Waals surface area contributed by atoms with E-state index >= 15 is 0 Å². The number of hydrogen-bond acceptors (Lipinski definition) is 3. The summed E-state index contributed by atoms with van der Waals surface area (Å²) < 4.78 is 5.78. The highest BCUT2D eigenvalue weighted by Crippen LogP contribution is 2.26. The first-order chi connectivity index (χ1) is 9.26. The summed E-state index contributed by atoms with van der Waals surface area (Å²) in [5, 5.41) is 0. The van der Waals surface area contributed by atoms with E-state index in [0.717, 1.165) is 29.5 Å². The van der Waals surface area contributed by atoms with Gasteiger partial charge in [0.25, 0.3) is 0 Å². The number of benzene rings is 2. The first-order valence-corrected chi connectivity index (χ1v) is 6.51. The van der Waals surface area contributed by atoms with Crippen molar-refractivity contribution < 1.29 is 4.42 Å². The van der Waals surface area contributed by atoms with E-state index in [9.17, 15) is 0 Å². The average Bonchev–Trinajstić information content (AvgIpc) is 2.82. The topological polar surface area (TPSA) is 52.0 Å². The number of fused-ring (bicyclic) bond motifs is 1. The van der Waals surface area contributed by atoms with Gasteiger partial charge in [-0.1, -0.05) is 25.5 Å². The van der Waals surface area contributed by atoms with Crippen LogP contribution in [0, 0.1) is 0 Å². The number of nitrogens with two attached hydrogens (primary N) is 1. The maximum Gasteiger partial charge on any atom is 0.227 e. The number of aromatic nitrogens is 1. The molecule has 96 valence electrons. The van der Waals surface area contributed by atoms with Crippen molar-refractivity contribution in [3.63, 3.8) is 0 Å². The highest BCUT2D eigenvalue weighted by molar-refractivity contribution is 5.77. The third-order valence-corrected chi connectivity index (χ3v) is 3.12. The Bertz CT molecular complexity index is 716. The summed E-state index contributed by atoms with van der Waals surface area (Å²) in [7, 11) is 0. The zero-order valence-electron chi connectivity index (χ0n) is 10.9. The van der Waals surface area contributed by atoms with E-state index < -0.39 is 0 Å². The summed E-state index contributed by atoms with van der Waals surface area (Å²) >= 11 is 0. The standard InChI is InChI=1S/C16H16N2O/c1-2-4-11-7-8-15-14(9-11)18-16(19-15)12-5-3-6-13(17)10-12/h3,5-10H,2,4,17H2,1H3. The lowest BCUT2D eigenvalue weighted by atomic mass is 10.1. The van der Waals surface area contributed by atoms with Gasteiger partial charge in [0.2, 0.25) is 5.89 Å². The van der Waals surface area contributed by atoms with Crippen molar-refractivity contribution in [2.24, 2.45) is 0 Å². The van der Waals surface area contributed by atoms with Gasteiger partial charge in [-0.15, -0.1) is 0 Å². The van der Waals surface area contributed by atoms with Gasteiger partial charge in [0.05, 0.1) is 0 Å². The molecule has 0 spiro atoms. The van der Waals surface area contributed by atoms with Gasteiger partial charge in [-0.25, -0.2) is 4.98 Å². The number of hydrogen-bond donors (Lipinski definition) is 1. The molecule has 3 aromatic rings. The lowest BCUT2D eigenvalue weighted by molar-refractivity contribution is 0.620. The van der Waals surface area contributed by atoms with E-state index in [4.69, 9.17) is 10.2 Å². The molecule has 3 nitrogen and oxygen atoms in total. The quantitative estimate of drug-likeness (QED) is 0.716. The Kier molecular flexibility index (Phi) is 2.95. The molecule has 1 heterocycles. The molecule has 0 atom stereocenters. The highest BCUT2D eigenvalue weighted by atomic mass is 16.3. The van der Waals surface area contributed by atoms with Gasteiger partial charge < -0.3 is 10.2 Å². The van der Waals surface area contributed by atoms with Gasteiger partial charge in [0.15, 0.2) is 5.58 Å². The molecule has 0 radical (unpaired) electrons. The molecule has 0 unspecified atom stereocenters. The normalized spacial score (nSPS) is 11.0. The summed E-state index contributed by atoms with van der Waals surface area (Å²) in [5.74, 6) is 0.621. The molecule has 3 heteroatoms. The molecule has 0 aliphatic rings. The van der Waals surface area contributed by atoms with Gasteiger partial charge in [-0.3, -0.25) is 0 Å². The monoisotopic (exact) mass is 252 g/mol. The van der Waals surface area contributed by atoms with Crippen molar-refractivity contribution in [3.8, 4) is 11.5 Å². The largest absolute Gasteiger partial charge is 0.436 e. The first-order valence-electron chi connectivity index (χ1n) is 6.51. The van der Waals surface area contributed by atoms with Crippen molar-refractivity contribution in [2.75, 3.05) is 5.73 Å². The third-order valence-electron chi connectivity index (χ3n) is 3.12. The fourth-order valence-electron chi connectivity index (χ4n) is 2.21. The second-order valence-corrected chi connectivity index (χ2v) is 4.70. The summed E-state index contributed by atoms with van der Waals surface area (Å²) in [6.45, 7) is 2.17. The summed E-state index contributed by atoms with van der Waals surface area (Å²) in [6.07, 6.45) is 2.20. The predicted molar refractivity (Wildman–Crippen MR) is 77.9 cm³/mol. The molecule has 0 aliphatic heterocycles. The fraction of sp³-hybridized carbons (Fsp3) is 0.188. The minimum Gasteiger partial charge on any atom is -0.436 e. The van der Waals surface area contributed by atoms with Crippen LogP contribution in [0.2, 0.25) is 0 Å². The summed E-state index contributed by atoms with van der Waals surface area (Å²) in [6, 6.07) is 13.8. The molecule has 0 amide bonds. The van der Waals surface area contributed by atoms with Crippen LogP contribution in [0.4, 0.5) is 5.69 Å². The molecule has 0 bridgehead atoms. The molecule has 0 fully saturated rings. The van der Waals surface area contributed by atoms with Crippen molar-refractivity contribution in [1.29, 1.82) is 0 Å². The first kappa shape index (κ1) is 11.8. The lowest BCUT2D eigenvalue weighted by Crippen LogP contribution is -1.85. The summed E-state index contributed by atoms with van der Waals surface area (Å²) in [5.41, 5.74) is 10.4. The average molecular weight is 252 g/mol. The van der Waals surface area contributed by atoms with E-state index in [-0.39, 0.29) is 0 Å². The van der Waals surface area contributed by atoms with Crippen LogP contribution in [0.25, 0.3) is 22.6 Å². The molecule has 2 aromatic carbocycles. The van der Waals surface area contributed by atoms with E-state index in [1.165, 1.54) is 5.56 Å². The molecule has 0 saturated carbocycles. The Morgan fingerprint density at radius 2 is 2.05 bits per heavy atom. The van der Waals surface area contributed by atoms with Crippen LogP contribution < -0.4 is 5.73 Å². The number of nitrogens with zero attached hydrogens (tertiary/aromatic N) is 1. The zero-order valence-corrected chi connectivity index (χ0v) is 10.9. The van der Waals surface area contributed by atoms with Crippen LogP contribution in [0.15, 0.2) is 46.9 Å². The Morgan fingerprint density at radius 1 is 1.16 bits per heavy atom. The summed E-state index contributed by atoms with van der Waals surface area (Å²) in [4.78, 5) is 4.54. The van der Waals surface area contributed by atoms with Gasteiger partial charge in [-0.2, -0.15) is 0 Å². The van der Waals surface area contributed by atoms with Crippen LogP contribution in [0.1, 0.15) is 18.9 Å². The maximum atomic E-state index is 5.78. The number of oxazole rings is 1. The number of aryl methyl sites for hydroxylation is 1. The number of rotatable bonds is 3. The highest BCUT2D eigenvalue weighted by Gasteiger charge is 2.08. The third kappa shape index (κ3) is 2.32. The van der Waals surface area contributed by atoms with E-state index in [1.54, 1.807) is 0 Å². The van der Waals surface area contributed by atoms with E-state index in [0.29, 0.717) is 11.6 Å². The SMILES string of the molecule is CCCc1ccc2oc(-c3cccc(N)c3)nc2c1. The number of nitrogen functional groups attached to an aromatic ring is 1. The smallest absolute Gasteiger partial charge is 0.227 e. The van der Waals surface area contributed by atoms with Crippen molar-refractivity contribution in [3.05, 3.63) is 48.0 Å². The van der Waals surface area contributed by atoms with Gasteiger partial charge >= 0.3 is 0 Å². The van der Waals surface area contributed by atoms with Gasteiger partial charge in [-0.05, 0) is 42.3 Å². The van der Waals surface area contributed by atoms with Gasteiger partial charge in [0.1, 0.15) is 5.52 Å². The van der Waals surface area contributed by atoms with Crippen LogP contribution in [-0.4, -0.2) is 4.98 Å². The van der Waals surface area contributed by atoms with Crippen LogP contribution in [0.5, 0.6) is 0 Å². The van der Waals surface area contributed by atoms with Crippen molar-refractivity contribution >= 4 is 16.8 Å². The Labute approximate surface area is 112 Å². The van der Waals surface area contributed by atoms with Gasteiger partial charge in [0, 0.05) is 11.3 Å². The van der Waals surface area contributed by atoms with Crippen LogP contribution >= 0.6 is 0 Å². The van der Waals surface area contributed by atoms with Crippen molar-refractivity contribution in [1.82, 2.24) is 4.98 Å². The lowest BCUT2D eigenvalue weighted by Gasteiger charge is -1.96. The second-order valence-electron chi connectivity index (χ2n) is 4.70. The van der Waals surface area contributed by atoms with Crippen LogP contribution in [0.3, 0.4) is 0 Å². The molecular weight excluding hydrogens is 236 g/mol. The predicted octanol–water partition coefficient (Wildman–Crippen LogP) is 4.03. The number of anilines is 1. The molecular formula is C16H16N2O. The van der Waals surface area contributed by atoms with Crippen LogP contribution in [-0.2, 0) is 6.42 Å². The molecule has 1 aromatic heterocycles. The Morgan fingerprint density at radius 3 is 2.84 bits per heavy atom. The minimum atomic E-state index is 0.621. The fourth-order valence-corrected chi connectivity index (χ4v) is 2.21. The molecule has 19 heavy (non-hydrogen) atoms. The minimum absolute atomic E-state index is 0.621. The zero-order chi connectivity index (χ0) is 13.2. The Hall–Kier alpha value is -2.29. The van der Waals surface area contributed by atoms with E-state index in [2.05, 4.69) is 24.0 Å². The maximum absolute atomic E-state index is 5.78. The molecule has 0 saturated heterocycles.